The zero-order chi connectivity index (χ0) is 16.2. The fourth-order valence-electron chi connectivity index (χ4n) is 2.55. The highest BCUT2D eigenvalue weighted by Gasteiger charge is 2.27. The maximum atomic E-state index is 12.0. The minimum Gasteiger partial charge on any atom is -0.355 e. The third-order valence-corrected chi connectivity index (χ3v) is 4.47. The van der Waals surface area contributed by atoms with Gasteiger partial charge in [0.05, 0.1) is 16.4 Å². The van der Waals surface area contributed by atoms with Gasteiger partial charge in [0.1, 0.15) is 0 Å². The molecule has 120 valence electrons. The lowest BCUT2D eigenvalue weighted by atomic mass is 9.81. The monoisotopic (exact) mass is 325 g/mol. The second-order valence-corrected chi connectivity index (χ2v) is 6.45. The van der Waals surface area contributed by atoms with E-state index in [1.165, 1.54) is 18.2 Å². The molecule has 1 heterocycles. The van der Waals surface area contributed by atoms with Gasteiger partial charge in [-0.25, -0.2) is 0 Å². The molecule has 1 aromatic carbocycles. The summed E-state index contributed by atoms with van der Waals surface area (Å²) >= 11 is 6.00. The number of nitrogens with zero attached hydrogens (tertiary/aromatic N) is 1. The van der Waals surface area contributed by atoms with E-state index < -0.39 is 4.92 Å². The van der Waals surface area contributed by atoms with Crippen molar-refractivity contribution in [3.05, 3.63) is 38.9 Å². The number of amides is 1. The van der Waals surface area contributed by atoms with E-state index >= 15 is 0 Å². The van der Waals surface area contributed by atoms with Crippen molar-refractivity contribution >= 4 is 23.2 Å². The molecule has 2 rings (SSSR count). The summed E-state index contributed by atoms with van der Waals surface area (Å²) in [6, 6.07) is 4.17. The van der Waals surface area contributed by atoms with Crippen molar-refractivity contribution in [2.75, 3.05) is 19.6 Å². The number of nitro benzene ring substituents is 1. The summed E-state index contributed by atoms with van der Waals surface area (Å²) in [5, 5.41) is 17.2. The molecule has 0 bridgehead atoms. The highest BCUT2D eigenvalue weighted by atomic mass is 35.5. The van der Waals surface area contributed by atoms with E-state index in [9.17, 15) is 14.9 Å². The predicted molar refractivity (Wildman–Crippen MR) is 85.0 cm³/mol. The fourth-order valence-corrected chi connectivity index (χ4v) is 2.79. The van der Waals surface area contributed by atoms with E-state index in [1.807, 2.05) is 0 Å². The Morgan fingerprint density at radius 3 is 2.73 bits per heavy atom. The van der Waals surface area contributed by atoms with E-state index in [0.717, 1.165) is 25.9 Å². The fraction of sp³-hybridized carbons (Fsp3) is 0.533. The first kappa shape index (κ1) is 16.7. The summed E-state index contributed by atoms with van der Waals surface area (Å²) in [6.45, 7) is 4.76. The molecule has 0 atom stereocenters. The van der Waals surface area contributed by atoms with Crippen molar-refractivity contribution in [2.24, 2.45) is 5.41 Å². The molecule has 7 heteroatoms. The van der Waals surface area contributed by atoms with Crippen LogP contribution >= 0.6 is 11.6 Å². The van der Waals surface area contributed by atoms with Gasteiger partial charge in [-0.2, -0.15) is 0 Å². The Morgan fingerprint density at radius 1 is 1.45 bits per heavy atom. The van der Waals surface area contributed by atoms with Gasteiger partial charge in [0, 0.05) is 18.7 Å². The van der Waals surface area contributed by atoms with Crippen molar-refractivity contribution < 1.29 is 9.72 Å². The molecule has 0 spiro atoms. The van der Waals surface area contributed by atoms with Gasteiger partial charge >= 0.3 is 0 Å². The highest BCUT2D eigenvalue weighted by molar-refractivity contribution is 6.31. The molecule has 0 aromatic heterocycles. The van der Waals surface area contributed by atoms with Crippen LogP contribution in [0.4, 0.5) is 5.69 Å². The number of carbonyl (C=O) groups is 1. The number of hydrogen-bond acceptors (Lipinski definition) is 4. The number of piperidine rings is 1. The van der Waals surface area contributed by atoms with Gasteiger partial charge < -0.3 is 10.6 Å². The first-order valence-corrected chi connectivity index (χ1v) is 7.68. The van der Waals surface area contributed by atoms with Crippen LogP contribution in [-0.4, -0.2) is 30.5 Å². The number of carbonyl (C=O) groups excluding carboxylic acids is 1. The summed E-state index contributed by atoms with van der Waals surface area (Å²) in [4.78, 5) is 22.2. The molecular weight excluding hydrogens is 306 g/mol. The second-order valence-electron chi connectivity index (χ2n) is 6.05. The number of non-ortho nitro benzene ring substituents is 1. The van der Waals surface area contributed by atoms with Crippen molar-refractivity contribution in [1.29, 1.82) is 0 Å². The maximum Gasteiger partial charge on any atom is 0.270 e. The lowest BCUT2D eigenvalue weighted by molar-refractivity contribution is -0.384. The van der Waals surface area contributed by atoms with E-state index in [0.29, 0.717) is 12.1 Å². The Labute approximate surface area is 134 Å². The summed E-state index contributed by atoms with van der Waals surface area (Å²) in [5.41, 5.74) is 0.650. The van der Waals surface area contributed by atoms with Gasteiger partial charge in [-0.1, -0.05) is 24.6 Å². The Kier molecular flexibility index (Phi) is 5.37. The van der Waals surface area contributed by atoms with Crippen molar-refractivity contribution in [3.8, 4) is 0 Å². The van der Waals surface area contributed by atoms with Crippen LogP contribution in [0.2, 0.25) is 5.02 Å². The molecule has 0 radical (unpaired) electrons. The number of nitro groups is 1. The van der Waals surface area contributed by atoms with Crippen molar-refractivity contribution in [2.45, 2.75) is 26.2 Å². The minimum atomic E-state index is -0.506. The molecule has 1 aliphatic rings. The summed E-state index contributed by atoms with van der Waals surface area (Å²) in [5.74, 6) is -0.115. The van der Waals surface area contributed by atoms with E-state index in [4.69, 9.17) is 11.6 Å². The van der Waals surface area contributed by atoms with Crippen LogP contribution in [-0.2, 0) is 11.2 Å². The quantitative estimate of drug-likeness (QED) is 0.642. The molecule has 0 aliphatic carbocycles. The molecule has 2 N–H and O–H groups in total. The van der Waals surface area contributed by atoms with Crippen LogP contribution in [0.5, 0.6) is 0 Å². The van der Waals surface area contributed by atoms with Gasteiger partial charge in [-0.05, 0) is 36.9 Å². The van der Waals surface area contributed by atoms with Crippen LogP contribution in [0.25, 0.3) is 0 Å². The molecule has 1 aromatic rings. The standard InChI is InChI=1S/C15H20ClN3O3/c1-15(4-6-17-7-5-15)10-18-14(20)8-11-2-3-12(19(21)22)9-13(11)16/h2-3,9,17H,4-8,10H2,1H3,(H,18,20). The summed E-state index contributed by atoms with van der Waals surface area (Å²) in [7, 11) is 0. The molecule has 1 saturated heterocycles. The van der Waals surface area contributed by atoms with Crippen LogP contribution in [0.15, 0.2) is 18.2 Å². The van der Waals surface area contributed by atoms with Gasteiger partial charge in [-0.15, -0.1) is 0 Å². The number of benzene rings is 1. The normalized spacial score (nSPS) is 17.0. The van der Waals surface area contributed by atoms with Gasteiger partial charge in [-0.3, -0.25) is 14.9 Å². The summed E-state index contributed by atoms with van der Waals surface area (Å²) < 4.78 is 0. The van der Waals surface area contributed by atoms with Crippen molar-refractivity contribution in [1.82, 2.24) is 10.6 Å². The third-order valence-electron chi connectivity index (χ3n) is 4.12. The molecule has 6 nitrogen and oxygen atoms in total. The lowest BCUT2D eigenvalue weighted by Crippen LogP contribution is -2.43. The SMILES string of the molecule is CC1(CNC(=O)Cc2ccc([N+](=O)[O-])cc2Cl)CCNCC1. The van der Waals surface area contributed by atoms with Crippen LogP contribution in [0, 0.1) is 15.5 Å². The zero-order valence-electron chi connectivity index (χ0n) is 12.5. The first-order chi connectivity index (χ1) is 10.4. The smallest absolute Gasteiger partial charge is 0.270 e. The molecular formula is C15H20ClN3O3. The molecule has 1 amide bonds. The molecule has 1 fully saturated rings. The molecule has 0 unspecified atom stereocenters. The topological polar surface area (TPSA) is 84.3 Å². The van der Waals surface area contributed by atoms with Crippen LogP contribution in [0.3, 0.4) is 0 Å². The second kappa shape index (κ2) is 7.07. The summed E-state index contributed by atoms with van der Waals surface area (Å²) in [6.07, 6.45) is 2.20. The Morgan fingerprint density at radius 2 is 2.14 bits per heavy atom. The van der Waals surface area contributed by atoms with Crippen molar-refractivity contribution in [3.63, 3.8) is 0 Å². The van der Waals surface area contributed by atoms with E-state index in [-0.39, 0.29) is 28.5 Å². The molecule has 0 saturated carbocycles. The number of rotatable bonds is 5. The van der Waals surface area contributed by atoms with Gasteiger partial charge in [0.2, 0.25) is 5.91 Å². The number of hydrogen-bond donors (Lipinski definition) is 2. The number of nitrogens with one attached hydrogen (secondary N) is 2. The molecule has 1 aliphatic heterocycles. The largest absolute Gasteiger partial charge is 0.355 e. The maximum absolute atomic E-state index is 12.0. The minimum absolute atomic E-state index is 0.0728. The van der Waals surface area contributed by atoms with E-state index in [1.54, 1.807) is 0 Å². The average Bonchev–Trinajstić information content (AvgIpc) is 2.48. The average molecular weight is 326 g/mol. The predicted octanol–water partition coefficient (Wildman–Crippen LogP) is 2.30. The Balaban J connectivity index is 1.90. The van der Waals surface area contributed by atoms with Gasteiger partial charge in [0.15, 0.2) is 0 Å². The highest BCUT2D eigenvalue weighted by Crippen LogP contribution is 2.27. The third kappa shape index (κ3) is 4.42. The Bertz CT molecular complexity index is 571. The molecule has 22 heavy (non-hydrogen) atoms. The number of halogens is 1. The zero-order valence-corrected chi connectivity index (χ0v) is 13.3. The Hall–Kier alpha value is -1.66. The lowest BCUT2D eigenvalue weighted by Gasteiger charge is -2.34. The first-order valence-electron chi connectivity index (χ1n) is 7.30. The van der Waals surface area contributed by atoms with Crippen LogP contribution in [0.1, 0.15) is 25.3 Å². The van der Waals surface area contributed by atoms with E-state index in [2.05, 4.69) is 17.6 Å². The van der Waals surface area contributed by atoms with Gasteiger partial charge in [0.25, 0.3) is 5.69 Å². The van der Waals surface area contributed by atoms with Crippen LogP contribution < -0.4 is 10.6 Å².